The van der Waals surface area contributed by atoms with Gasteiger partial charge in [-0.15, -0.1) is 0 Å². The molecule has 0 aromatic heterocycles. The summed E-state index contributed by atoms with van der Waals surface area (Å²) in [6, 6.07) is 5.98. The Morgan fingerprint density at radius 3 is 2.78 bits per heavy atom. The number of nitrogens with one attached hydrogen (secondary N) is 1. The Morgan fingerprint density at radius 1 is 1.28 bits per heavy atom. The van der Waals surface area contributed by atoms with Crippen LogP contribution in [0, 0.1) is 0 Å². The summed E-state index contributed by atoms with van der Waals surface area (Å²) in [6.45, 7) is 6.78. The molecule has 0 amide bonds. The van der Waals surface area contributed by atoms with Gasteiger partial charge in [0, 0.05) is 0 Å². The zero-order valence-corrected chi connectivity index (χ0v) is 11.5. The zero-order chi connectivity index (χ0) is 13.2. The minimum Gasteiger partial charge on any atom is -0.493 e. The van der Waals surface area contributed by atoms with Crippen LogP contribution in [0.25, 0.3) is 6.08 Å². The Bertz CT molecular complexity index is 375. The van der Waals surface area contributed by atoms with Gasteiger partial charge in [-0.25, -0.2) is 0 Å². The van der Waals surface area contributed by atoms with Crippen LogP contribution >= 0.6 is 0 Å². The standard InChI is InChI=1S/C15H23NO2/c1-4-7-13-8-9-14(15(12-13)17-3)18-11-6-10-16-5-2/h4,7-9,12,16H,5-6,10-11H2,1-3H3/b7-4+. The van der Waals surface area contributed by atoms with E-state index in [2.05, 4.69) is 12.2 Å². The van der Waals surface area contributed by atoms with Crippen LogP contribution in [0.5, 0.6) is 11.5 Å². The van der Waals surface area contributed by atoms with Crippen molar-refractivity contribution in [1.82, 2.24) is 5.32 Å². The molecule has 1 rings (SSSR count). The average Bonchev–Trinajstić information content (AvgIpc) is 2.40. The van der Waals surface area contributed by atoms with E-state index in [-0.39, 0.29) is 0 Å². The molecule has 18 heavy (non-hydrogen) atoms. The maximum atomic E-state index is 5.72. The topological polar surface area (TPSA) is 30.5 Å². The maximum Gasteiger partial charge on any atom is 0.161 e. The lowest BCUT2D eigenvalue weighted by Gasteiger charge is -2.11. The summed E-state index contributed by atoms with van der Waals surface area (Å²) in [4.78, 5) is 0. The quantitative estimate of drug-likeness (QED) is 0.718. The SMILES string of the molecule is C/C=C/c1ccc(OCCCNCC)c(OC)c1. The molecule has 0 bridgehead atoms. The van der Waals surface area contributed by atoms with Gasteiger partial charge in [-0.05, 0) is 44.1 Å². The number of ether oxygens (including phenoxy) is 2. The second-order valence-electron chi connectivity index (χ2n) is 3.97. The number of hydrogen-bond acceptors (Lipinski definition) is 3. The molecule has 0 spiro atoms. The summed E-state index contributed by atoms with van der Waals surface area (Å²) in [6.07, 6.45) is 5.04. The molecule has 0 aliphatic rings. The molecular weight excluding hydrogens is 226 g/mol. The molecule has 1 aromatic rings. The molecule has 0 aliphatic heterocycles. The number of methoxy groups -OCH3 is 1. The fourth-order valence-corrected chi connectivity index (χ4v) is 1.66. The first-order valence-corrected chi connectivity index (χ1v) is 6.46. The molecule has 1 aromatic carbocycles. The Labute approximate surface area is 110 Å². The van der Waals surface area contributed by atoms with E-state index in [0.29, 0.717) is 6.61 Å². The van der Waals surface area contributed by atoms with Crippen LogP contribution in [0.4, 0.5) is 0 Å². The van der Waals surface area contributed by atoms with Crippen molar-refractivity contribution in [3.05, 3.63) is 29.8 Å². The van der Waals surface area contributed by atoms with Crippen LogP contribution in [0.2, 0.25) is 0 Å². The fraction of sp³-hybridized carbons (Fsp3) is 0.467. The second-order valence-corrected chi connectivity index (χ2v) is 3.97. The van der Waals surface area contributed by atoms with Gasteiger partial charge in [0.05, 0.1) is 13.7 Å². The van der Waals surface area contributed by atoms with Crippen molar-refractivity contribution in [1.29, 1.82) is 0 Å². The molecule has 0 radical (unpaired) electrons. The Balaban J connectivity index is 2.54. The van der Waals surface area contributed by atoms with Crippen LogP contribution in [0.15, 0.2) is 24.3 Å². The van der Waals surface area contributed by atoms with Gasteiger partial charge in [-0.1, -0.05) is 25.1 Å². The molecule has 1 N–H and O–H groups in total. The van der Waals surface area contributed by atoms with Gasteiger partial charge in [0.1, 0.15) is 0 Å². The third kappa shape index (κ3) is 4.80. The molecule has 3 nitrogen and oxygen atoms in total. The monoisotopic (exact) mass is 249 g/mol. The van der Waals surface area contributed by atoms with Crippen molar-refractivity contribution in [3.63, 3.8) is 0 Å². The van der Waals surface area contributed by atoms with Crippen molar-refractivity contribution >= 4 is 6.08 Å². The number of rotatable bonds is 8. The predicted molar refractivity (Wildman–Crippen MR) is 76.4 cm³/mol. The van der Waals surface area contributed by atoms with E-state index >= 15 is 0 Å². The smallest absolute Gasteiger partial charge is 0.161 e. The van der Waals surface area contributed by atoms with E-state index in [9.17, 15) is 0 Å². The highest BCUT2D eigenvalue weighted by atomic mass is 16.5. The van der Waals surface area contributed by atoms with Crippen molar-refractivity contribution in [2.45, 2.75) is 20.3 Å². The van der Waals surface area contributed by atoms with Crippen LogP contribution < -0.4 is 14.8 Å². The summed E-state index contributed by atoms with van der Waals surface area (Å²) >= 11 is 0. The molecular formula is C15H23NO2. The highest BCUT2D eigenvalue weighted by Gasteiger charge is 2.04. The van der Waals surface area contributed by atoms with Crippen LogP contribution in [0.3, 0.4) is 0 Å². The zero-order valence-electron chi connectivity index (χ0n) is 11.5. The van der Waals surface area contributed by atoms with E-state index in [1.165, 1.54) is 0 Å². The van der Waals surface area contributed by atoms with Gasteiger partial charge >= 0.3 is 0 Å². The predicted octanol–water partition coefficient (Wildman–Crippen LogP) is 3.11. The lowest BCUT2D eigenvalue weighted by Crippen LogP contribution is -2.16. The van der Waals surface area contributed by atoms with Gasteiger partial charge in [0.15, 0.2) is 11.5 Å². The van der Waals surface area contributed by atoms with E-state index in [1.54, 1.807) is 7.11 Å². The molecule has 0 saturated heterocycles. The van der Waals surface area contributed by atoms with E-state index in [4.69, 9.17) is 9.47 Å². The lowest BCUT2D eigenvalue weighted by molar-refractivity contribution is 0.288. The number of benzene rings is 1. The highest BCUT2D eigenvalue weighted by molar-refractivity contribution is 5.55. The van der Waals surface area contributed by atoms with Gasteiger partial charge in [0.2, 0.25) is 0 Å². The van der Waals surface area contributed by atoms with Gasteiger partial charge in [0.25, 0.3) is 0 Å². The maximum absolute atomic E-state index is 5.72. The van der Waals surface area contributed by atoms with Gasteiger partial charge < -0.3 is 14.8 Å². The molecule has 3 heteroatoms. The second kappa shape index (κ2) is 8.59. The van der Waals surface area contributed by atoms with Crippen molar-refractivity contribution in [3.8, 4) is 11.5 Å². The molecule has 0 heterocycles. The molecule has 0 aliphatic carbocycles. The first kappa shape index (κ1) is 14.6. The average molecular weight is 249 g/mol. The van der Waals surface area contributed by atoms with Crippen molar-refractivity contribution in [2.24, 2.45) is 0 Å². The molecule has 0 saturated carbocycles. The normalized spacial score (nSPS) is 10.8. The Hall–Kier alpha value is -1.48. The third-order valence-corrected chi connectivity index (χ3v) is 2.55. The first-order valence-electron chi connectivity index (χ1n) is 6.46. The fourth-order valence-electron chi connectivity index (χ4n) is 1.66. The van der Waals surface area contributed by atoms with Gasteiger partial charge in [-0.3, -0.25) is 0 Å². The summed E-state index contributed by atoms with van der Waals surface area (Å²) in [7, 11) is 1.67. The summed E-state index contributed by atoms with van der Waals surface area (Å²) in [5, 5.41) is 3.27. The van der Waals surface area contributed by atoms with E-state index in [1.807, 2.05) is 37.3 Å². The minimum absolute atomic E-state index is 0.701. The first-order chi connectivity index (χ1) is 8.81. The third-order valence-electron chi connectivity index (χ3n) is 2.55. The van der Waals surface area contributed by atoms with E-state index < -0.39 is 0 Å². The summed E-state index contributed by atoms with van der Waals surface area (Å²) in [5.74, 6) is 1.59. The minimum atomic E-state index is 0.701. The molecule has 0 unspecified atom stereocenters. The number of hydrogen-bond donors (Lipinski definition) is 1. The van der Waals surface area contributed by atoms with Gasteiger partial charge in [-0.2, -0.15) is 0 Å². The highest BCUT2D eigenvalue weighted by Crippen LogP contribution is 2.28. The van der Waals surface area contributed by atoms with Crippen LogP contribution in [-0.2, 0) is 0 Å². The molecule has 100 valence electrons. The Kier molecular flexibility index (Phi) is 6.96. The van der Waals surface area contributed by atoms with E-state index in [0.717, 1.165) is 36.6 Å². The van der Waals surface area contributed by atoms with Crippen molar-refractivity contribution < 1.29 is 9.47 Å². The Morgan fingerprint density at radius 2 is 2.11 bits per heavy atom. The van der Waals surface area contributed by atoms with Crippen LogP contribution in [-0.4, -0.2) is 26.8 Å². The number of allylic oxidation sites excluding steroid dienone is 1. The summed E-state index contributed by atoms with van der Waals surface area (Å²) < 4.78 is 11.1. The van der Waals surface area contributed by atoms with Crippen molar-refractivity contribution in [2.75, 3.05) is 26.8 Å². The largest absolute Gasteiger partial charge is 0.493 e. The lowest BCUT2D eigenvalue weighted by atomic mass is 10.2. The molecule has 0 fully saturated rings. The molecule has 0 atom stereocenters. The van der Waals surface area contributed by atoms with Crippen LogP contribution in [0.1, 0.15) is 25.8 Å². The summed E-state index contributed by atoms with van der Waals surface area (Å²) in [5.41, 5.74) is 1.12.